The van der Waals surface area contributed by atoms with E-state index >= 15 is 0 Å². The van der Waals surface area contributed by atoms with Gasteiger partial charge >= 0.3 is 103 Å². The van der Waals surface area contributed by atoms with Crippen molar-refractivity contribution in [2.45, 2.75) is 9.79 Å². The molecule has 0 saturated carbocycles. The molecule has 0 bridgehead atoms. The Bertz CT molecular complexity index is 882. The summed E-state index contributed by atoms with van der Waals surface area (Å²) in [5, 5.41) is 0. The molecule has 0 aliphatic heterocycles. The maximum absolute atomic E-state index is 11.2. The van der Waals surface area contributed by atoms with E-state index in [2.05, 4.69) is 31.9 Å². The SMILES string of the molecule is O=S(=O)([O-])c1cc(-c2ccc(Br)c(S(=O)(=O)[O-])c2)ccc1Br.[K+].[K+]. The number of rotatable bonds is 3. The van der Waals surface area contributed by atoms with Crippen molar-refractivity contribution in [2.24, 2.45) is 0 Å². The molecule has 0 radical (unpaired) electrons. The molecule has 12 heteroatoms. The normalized spacial score (nSPS) is 11.3. The van der Waals surface area contributed by atoms with Crippen molar-refractivity contribution >= 4 is 52.1 Å². The van der Waals surface area contributed by atoms with Crippen LogP contribution in [0.25, 0.3) is 11.1 Å². The van der Waals surface area contributed by atoms with Crippen LogP contribution in [-0.2, 0) is 20.2 Å². The predicted octanol–water partition coefficient (Wildman–Crippen LogP) is -3.31. The van der Waals surface area contributed by atoms with Crippen LogP contribution in [0.15, 0.2) is 55.1 Å². The summed E-state index contributed by atoms with van der Waals surface area (Å²) in [6, 6.07) is 7.90. The summed E-state index contributed by atoms with van der Waals surface area (Å²) < 4.78 is 67.3. The quantitative estimate of drug-likeness (QED) is 0.294. The van der Waals surface area contributed by atoms with Gasteiger partial charge in [0.25, 0.3) is 0 Å². The molecule has 2 rings (SSSR count). The van der Waals surface area contributed by atoms with Gasteiger partial charge in [0.05, 0.1) is 9.79 Å². The van der Waals surface area contributed by atoms with Gasteiger partial charge in [-0.3, -0.25) is 0 Å². The van der Waals surface area contributed by atoms with E-state index < -0.39 is 30.0 Å². The molecule has 0 heterocycles. The van der Waals surface area contributed by atoms with Gasteiger partial charge in [-0.2, -0.15) is 0 Å². The van der Waals surface area contributed by atoms with E-state index in [0.29, 0.717) is 0 Å². The molecule has 0 amide bonds. The minimum Gasteiger partial charge on any atom is -0.744 e. The van der Waals surface area contributed by atoms with Gasteiger partial charge in [-0.15, -0.1) is 0 Å². The fraction of sp³-hybridized carbons (Fsp3) is 0. The van der Waals surface area contributed by atoms with Crippen molar-refractivity contribution in [1.82, 2.24) is 0 Å². The fourth-order valence-corrected chi connectivity index (χ4v) is 4.59. The standard InChI is InChI=1S/C12H8Br2O6S2.2K/c13-9-3-1-7(5-11(9)21(15,16)17)8-2-4-10(14)12(6-8)22(18,19)20;;/h1-6H,(H,15,16,17)(H,18,19,20);;/q;2*+1/p-2. The van der Waals surface area contributed by atoms with E-state index in [1.165, 1.54) is 24.3 Å². The van der Waals surface area contributed by atoms with Crippen molar-refractivity contribution in [1.29, 1.82) is 0 Å². The Morgan fingerprint density at radius 1 is 0.667 bits per heavy atom. The average Bonchev–Trinajstić information content (AvgIpc) is 2.37. The predicted molar refractivity (Wildman–Crippen MR) is 83.2 cm³/mol. The second-order valence-electron chi connectivity index (χ2n) is 4.20. The Hall–Kier alpha value is 2.49. The minimum atomic E-state index is -4.70. The van der Waals surface area contributed by atoms with Crippen molar-refractivity contribution in [3.63, 3.8) is 0 Å². The molecule has 0 atom stereocenters. The third kappa shape index (κ3) is 6.83. The van der Waals surface area contributed by atoms with Crippen LogP contribution in [0.2, 0.25) is 0 Å². The fourth-order valence-electron chi connectivity index (χ4n) is 1.75. The molecule has 0 aliphatic carbocycles. The minimum absolute atomic E-state index is 0. The van der Waals surface area contributed by atoms with Gasteiger partial charge in [0, 0.05) is 8.95 Å². The van der Waals surface area contributed by atoms with Crippen LogP contribution in [-0.4, -0.2) is 25.9 Å². The molecule has 0 aromatic heterocycles. The molecule has 118 valence electrons. The molecule has 6 nitrogen and oxygen atoms in total. The molecule has 0 spiro atoms. The first-order valence-corrected chi connectivity index (χ1v) is 9.91. The second kappa shape index (κ2) is 10.3. The van der Waals surface area contributed by atoms with E-state index in [-0.39, 0.29) is 123 Å². The zero-order valence-corrected chi connectivity index (χ0v) is 23.5. The van der Waals surface area contributed by atoms with E-state index in [1.807, 2.05) is 0 Å². The Kier molecular flexibility index (Phi) is 11.4. The van der Waals surface area contributed by atoms with Gasteiger partial charge < -0.3 is 9.11 Å². The molecular formula is C12H6Br2K2O6S2. The molecule has 2 aromatic carbocycles. The van der Waals surface area contributed by atoms with Gasteiger partial charge in [-0.25, -0.2) is 16.8 Å². The van der Waals surface area contributed by atoms with Crippen LogP contribution < -0.4 is 103 Å². The summed E-state index contributed by atoms with van der Waals surface area (Å²) in [6.45, 7) is 0. The molecule has 0 unspecified atom stereocenters. The van der Waals surface area contributed by atoms with Gasteiger partial charge in [-0.05, 0) is 67.3 Å². The van der Waals surface area contributed by atoms with Gasteiger partial charge in [-0.1, -0.05) is 12.1 Å². The summed E-state index contributed by atoms with van der Waals surface area (Å²) in [5.41, 5.74) is 0.574. The monoisotopic (exact) mass is 546 g/mol. The molecule has 0 fully saturated rings. The van der Waals surface area contributed by atoms with Gasteiger partial charge in [0.15, 0.2) is 0 Å². The van der Waals surface area contributed by atoms with Crippen LogP contribution in [0.4, 0.5) is 0 Å². The maximum atomic E-state index is 11.2. The first-order chi connectivity index (χ1) is 10.00. The third-order valence-corrected chi connectivity index (χ3v) is 6.40. The topological polar surface area (TPSA) is 114 Å². The van der Waals surface area contributed by atoms with Gasteiger partial charge in [0.2, 0.25) is 0 Å². The summed E-state index contributed by atoms with van der Waals surface area (Å²) in [6.07, 6.45) is 0. The van der Waals surface area contributed by atoms with Crippen molar-refractivity contribution in [3.8, 4) is 11.1 Å². The summed E-state index contributed by atoms with van der Waals surface area (Å²) in [5.74, 6) is 0. The van der Waals surface area contributed by atoms with Crippen LogP contribution in [0.1, 0.15) is 0 Å². The number of hydrogen-bond donors (Lipinski definition) is 0. The van der Waals surface area contributed by atoms with Crippen LogP contribution >= 0.6 is 31.9 Å². The van der Waals surface area contributed by atoms with Crippen LogP contribution in [0, 0.1) is 0 Å². The molecule has 24 heavy (non-hydrogen) atoms. The summed E-state index contributed by atoms with van der Waals surface area (Å²) >= 11 is 5.93. The van der Waals surface area contributed by atoms with Crippen LogP contribution in [0.3, 0.4) is 0 Å². The number of hydrogen-bond acceptors (Lipinski definition) is 6. The second-order valence-corrected chi connectivity index (χ2v) is 8.60. The van der Waals surface area contributed by atoms with Crippen molar-refractivity contribution < 1.29 is 129 Å². The molecule has 2 aromatic rings. The van der Waals surface area contributed by atoms with E-state index in [0.717, 1.165) is 12.1 Å². The Morgan fingerprint density at radius 3 is 1.21 bits per heavy atom. The molecule has 0 aliphatic rings. The molecule has 0 N–H and O–H groups in total. The van der Waals surface area contributed by atoms with Crippen LogP contribution in [0.5, 0.6) is 0 Å². The number of halogens is 2. The molecule has 0 saturated heterocycles. The Balaban J connectivity index is 0.00000264. The first-order valence-electron chi connectivity index (χ1n) is 5.51. The number of benzene rings is 2. The maximum Gasteiger partial charge on any atom is 1.00 e. The van der Waals surface area contributed by atoms with Crippen molar-refractivity contribution in [2.75, 3.05) is 0 Å². The zero-order valence-electron chi connectivity index (χ0n) is 12.5. The third-order valence-electron chi connectivity index (χ3n) is 2.73. The van der Waals surface area contributed by atoms with E-state index in [4.69, 9.17) is 0 Å². The van der Waals surface area contributed by atoms with Gasteiger partial charge in [0.1, 0.15) is 20.2 Å². The Morgan fingerprint density at radius 2 is 0.958 bits per heavy atom. The Labute approximate surface area is 241 Å². The summed E-state index contributed by atoms with van der Waals surface area (Å²) in [7, 11) is -9.39. The first kappa shape index (κ1) is 26.5. The zero-order chi connectivity index (χ0) is 16.7. The average molecular weight is 548 g/mol. The van der Waals surface area contributed by atoms with Crippen molar-refractivity contribution in [3.05, 3.63) is 45.3 Å². The van der Waals surface area contributed by atoms with E-state index in [9.17, 15) is 25.9 Å². The largest absolute Gasteiger partial charge is 1.00 e. The molecular weight excluding hydrogens is 542 g/mol. The van der Waals surface area contributed by atoms with E-state index in [1.54, 1.807) is 0 Å². The summed E-state index contributed by atoms with van der Waals surface area (Å²) in [4.78, 5) is -0.945. The smallest absolute Gasteiger partial charge is 0.744 e.